The minimum Gasteiger partial charge on any atom is -0.383 e. The molecule has 0 unspecified atom stereocenters. The predicted octanol–water partition coefficient (Wildman–Crippen LogP) is 4.43. The van der Waals surface area contributed by atoms with E-state index in [1.54, 1.807) is 7.11 Å². The van der Waals surface area contributed by atoms with Crippen molar-refractivity contribution in [2.45, 2.75) is 12.7 Å². The third kappa shape index (κ3) is 2.74. The van der Waals surface area contributed by atoms with Crippen LogP contribution in [0.1, 0.15) is 5.56 Å². The van der Waals surface area contributed by atoms with Crippen LogP contribution in [0, 0.1) is 0 Å². The van der Waals surface area contributed by atoms with Crippen molar-refractivity contribution in [3.63, 3.8) is 0 Å². The lowest BCUT2D eigenvalue weighted by Crippen LogP contribution is -2.06. The Labute approximate surface area is 129 Å². The minimum atomic E-state index is -4.37. The number of nitrogens with zero attached hydrogens (tertiary/aromatic N) is 2. The second-order valence-corrected chi connectivity index (χ2v) is 5.71. The Morgan fingerprint density at radius 2 is 2.09 bits per heavy atom. The summed E-state index contributed by atoms with van der Waals surface area (Å²) in [5, 5.41) is 1.91. The summed E-state index contributed by atoms with van der Waals surface area (Å²) in [5.41, 5.74) is 0.330. The number of hydrogen-bond acceptors (Lipinski definition) is 3. The molecule has 0 aliphatic heterocycles. The molecular weight excluding hydrogens is 313 g/mol. The van der Waals surface area contributed by atoms with Crippen molar-refractivity contribution >= 4 is 22.4 Å². The number of halogens is 3. The van der Waals surface area contributed by atoms with Crippen LogP contribution in [-0.2, 0) is 17.5 Å². The van der Waals surface area contributed by atoms with E-state index in [4.69, 9.17) is 4.74 Å². The molecule has 0 spiro atoms. The summed E-state index contributed by atoms with van der Waals surface area (Å²) in [4.78, 5) is 5.32. The van der Waals surface area contributed by atoms with Gasteiger partial charge in [-0.15, -0.1) is 11.3 Å². The van der Waals surface area contributed by atoms with E-state index in [1.807, 2.05) is 22.1 Å². The van der Waals surface area contributed by atoms with E-state index < -0.39 is 11.7 Å². The fourth-order valence-electron chi connectivity index (χ4n) is 2.31. The third-order valence-corrected chi connectivity index (χ3v) is 4.20. The van der Waals surface area contributed by atoms with Gasteiger partial charge in [-0.3, -0.25) is 0 Å². The maximum absolute atomic E-state index is 12.8. The smallest absolute Gasteiger partial charge is 0.383 e. The van der Waals surface area contributed by atoms with Gasteiger partial charge in [-0.1, -0.05) is 6.07 Å². The van der Waals surface area contributed by atoms with Crippen molar-refractivity contribution in [2.24, 2.45) is 0 Å². The number of alkyl halides is 3. The first kappa shape index (κ1) is 15.1. The third-order valence-electron chi connectivity index (χ3n) is 3.34. The molecule has 0 radical (unpaired) electrons. The fourth-order valence-corrected chi connectivity index (χ4v) is 3.03. The number of fused-ring (bicyclic) bond motifs is 1. The Balaban J connectivity index is 2.16. The highest BCUT2D eigenvalue weighted by molar-refractivity contribution is 7.13. The monoisotopic (exact) mass is 326 g/mol. The molecule has 3 nitrogen and oxygen atoms in total. The molecule has 0 atom stereocenters. The molecule has 0 aliphatic rings. The van der Waals surface area contributed by atoms with Crippen LogP contribution in [0.4, 0.5) is 13.2 Å². The topological polar surface area (TPSA) is 27.1 Å². The van der Waals surface area contributed by atoms with Crippen molar-refractivity contribution < 1.29 is 17.9 Å². The molecule has 0 saturated heterocycles. The van der Waals surface area contributed by atoms with Crippen LogP contribution in [0.3, 0.4) is 0 Å². The lowest BCUT2D eigenvalue weighted by molar-refractivity contribution is -0.137. The summed E-state index contributed by atoms with van der Waals surface area (Å²) >= 11 is 1.50. The van der Waals surface area contributed by atoms with Crippen LogP contribution >= 0.6 is 11.3 Å². The molecule has 2 heterocycles. The maximum Gasteiger partial charge on any atom is 0.416 e. The Kier molecular flexibility index (Phi) is 3.92. The Bertz CT molecular complexity index is 778. The van der Waals surface area contributed by atoms with Crippen LogP contribution in [0.2, 0.25) is 0 Å². The second-order valence-electron chi connectivity index (χ2n) is 4.76. The molecule has 0 saturated carbocycles. The Morgan fingerprint density at radius 3 is 2.73 bits per heavy atom. The highest BCUT2D eigenvalue weighted by Gasteiger charge is 2.31. The van der Waals surface area contributed by atoms with Gasteiger partial charge in [-0.25, -0.2) is 4.98 Å². The molecule has 0 N–H and O–H groups in total. The summed E-state index contributed by atoms with van der Waals surface area (Å²) < 4.78 is 45.5. The number of rotatable bonds is 4. The number of methoxy groups -OCH3 is 1. The van der Waals surface area contributed by atoms with E-state index in [2.05, 4.69) is 4.98 Å². The van der Waals surface area contributed by atoms with Crippen molar-refractivity contribution in [3.8, 4) is 10.7 Å². The van der Waals surface area contributed by atoms with Crippen LogP contribution in [0.25, 0.3) is 21.7 Å². The van der Waals surface area contributed by atoms with Crippen LogP contribution in [-0.4, -0.2) is 23.3 Å². The van der Waals surface area contributed by atoms with Crippen LogP contribution < -0.4 is 0 Å². The van der Waals surface area contributed by atoms with Crippen molar-refractivity contribution in [1.82, 2.24) is 9.55 Å². The summed E-state index contributed by atoms with van der Waals surface area (Å²) in [6, 6.07) is 7.44. The number of imidazole rings is 1. The van der Waals surface area contributed by atoms with Gasteiger partial charge in [0.05, 0.1) is 28.1 Å². The summed E-state index contributed by atoms with van der Waals surface area (Å²) in [7, 11) is 1.59. The quantitative estimate of drug-likeness (QED) is 0.709. The zero-order valence-electron chi connectivity index (χ0n) is 11.7. The number of aromatic nitrogens is 2. The Hall–Kier alpha value is -1.86. The van der Waals surface area contributed by atoms with Gasteiger partial charge in [-0.2, -0.15) is 13.2 Å². The van der Waals surface area contributed by atoms with Gasteiger partial charge < -0.3 is 9.30 Å². The first-order chi connectivity index (χ1) is 10.5. The summed E-state index contributed by atoms with van der Waals surface area (Å²) in [5.74, 6) is 0.668. The van der Waals surface area contributed by atoms with Crippen molar-refractivity contribution in [2.75, 3.05) is 13.7 Å². The average Bonchev–Trinajstić information content (AvgIpc) is 3.10. The largest absolute Gasteiger partial charge is 0.416 e. The minimum absolute atomic E-state index is 0.342. The first-order valence-corrected chi connectivity index (χ1v) is 7.49. The van der Waals surface area contributed by atoms with E-state index in [9.17, 15) is 13.2 Å². The lowest BCUT2D eigenvalue weighted by atomic mass is 10.2. The molecule has 0 amide bonds. The zero-order valence-corrected chi connectivity index (χ0v) is 12.5. The van der Waals surface area contributed by atoms with E-state index in [0.29, 0.717) is 30.0 Å². The van der Waals surface area contributed by atoms with Crippen molar-refractivity contribution in [3.05, 3.63) is 41.3 Å². The summed E-state index contributed by atoms with van der Waals surface area (Å²) in [6.07, 6.45) is -4.37. The number of ether oxygens (including phenoxy) is 1. The molecule has 0 fully saturated rings. The number of benzene rings is 1. The molecular formula is C15H13F3N2OS. The predicted molar refractivity (Wildman–Crippen MR) is 79.9 cm³/mol. The molecule has 0 bridgehead atoms. The van der Waals surface area contributed by atoms with Gasteiger partial charge in [0, 0.05) is 13.7 Å². The second kappa shape index (κ2) is 5.73. The average molecular weight is 326 g/mol. The summed E-state index contributed by atoms with van der Waals surface area (Å²) in [6.45, 7) is 0.996. The van der Waals surface area contributed by atoms with Crippen molar-refractivity contribution in [1.29, 1.82) is 0 Å². The SMILES string of the molecule is COCCn1c(-c2cccs2)nc2cc(C(F)(F)F)ccc21. The molecule has 3 rings (SSSR count). The lowest BCUT2D eigenvalue weighted by Gasteiger charge is -2.08. The molecule has 3 aromatic rings. The highest BCUT2D eigenvalue weighted by Crippen LogP contribution is 2.33. The maximum atomic E-state index is 12.8. The van der Waals surface area contributed by atoms with E-state index >= 15 is 0 Å². The number of thiophene rings is 1. The van der Waals surface area contributed by atoms with E-state index in [1.165, 1.54) is 17.4 Å². The molecule has 22 heavy (non-hydrogen) atoms. The Morgan fingerprint density at radius 1 is 1.27 bits per heavy atom. The van der Waals surface area contributed by atoms with Gasteiger partial charge in [0.2, 0.25) is 0 Å². The van der Waals surface area contributed by atoms with Gasteiger partial charge in [0.15, 0.2) is 5.82 Å². The van der Waals surface area contributed by atoms with E-state index in [-0.39, 0.29) is 0 Å². The fraction of sp³-hybridized carbons (Fsp3) is 0.267. The molecule has 0 aliphatic carbocycles. The van der Waals surface area contributed by atoms with Gasteiger partial charge in [-0.05, 0) is 29.6 Å². The normalized spacial score (nSPS) is 12.2. The molecule has 2 aromatic heterocycles. The van der Waals surface area contributed by atoms with Gasteiger partial charge >= 0.3 is 6.18 Å². The molecule has 7 heteroatoms. The first-order valence-electron chi connectivity index (χ1n) is 6.61. The van der Waals surface area contributed by atoms with Crippen LogP contribution in [0.5, 0.6) is 0 Å². The standard InChI is InChI=1S/C15H13F3N2OS/c1-21-7-6-20-12-5-4-10(15(16,17)18)9-11(12)19-14(20)13-3-2-8-22-13/h2-5,8-9H,6-7H2,1H3. The van der Waals surface area contributed by atoms with E-state index in [0.717, 1.165) is 17.0 Å². The van der Waals surface area contributed by atoms with Crippen LogP contribution in [0.15, 0.2) is 35.7 Å². The zero-order chi connectivity index (χ0) is 15.7. The number of hydrogen-bond donors (Lipinski definition) is 0. The molecule has 116 valence electrons. The highest BCUT2D eigenvalue weighted by atomic mass is 32.1. The van der Waals surface area contributed by atoms with Gasteiger partial charge in [0.25, 0.3) is 0 Å². The van der Waals surface area contributed by atoms with Gasteiger partial charge in [0.1, 0.15) is 0 Å². The molecule has 1 aromatic carbocycles.